The number of para-hydroxylation sites is 1. The Morgan fingerprint density at radius 3 is 2.50 bits per heavy atom. The van der Waals surface area contributed by atoms with Gasteiger partial charge in [-0.15, -0.1) is 0 Å². The van der Waals surface area contributed by atoms with Gasteiger partial charge >= 0.3 is 0 Å². The van der Waals surface area contributed by atoms with Crippen molar-refractivity contribution in [1.82, 2.24) is 29.3 Å². The molecule has 1 fully saturated rings. The van der Waals surface area contributed by atoms with E-state index in [1.165, 1.54) is 29.8 Å². The first-order valence-corrected chi connectivity index (χ1v) is 12.5. The van der Waals surface area contributed by atoms with Crippen molar-refractivity contribution in [3.05, 3.63) is 95.3 Å². The van der Waals surface area contributed by atoms with Gasteiger partial charge in [0.15, 0.2) is 17.3 Å². The van der Waals surface area contributed by atoms with Crippen LogP contribution in [0.4, 0.5) is 4.39 Å². The molecule has 3 aromatic heterocycles. The van der Waals surface area contributed by atoms with E-state index in [2.05, 4.69) is 15.3 Å². The summed E-state index contributed by atoms with van der Waals surface area (Å²) in [5.74, 6) is 0.647. The van der Waals surface area contributed by atoms with Gasteiger partial charge < -0.3 is 9.47 Å². The van der Waals surface area contributed by atoms with Crippen LogP contribution in [0.3, 0.4) is 0 Å². The summed E-state index contributed by atoms with van der Waals surface area (Å²) in [5.41, 5.74) is 1.55. The van der Waals surface area contributed by atoms with E-state index in [0.29, 0.717) is 29.8 Å². The van der Waals surface area contributed by atoms with E-state index in [0.717, 1.165) is 5.69 Å². The monoisotopic (exact) mass is 512 g/mol. The van der Waals surface area contributed by atoms with E-state index in [1.54, 1.807) is 52.9 Å². The average molecular weight is 513 g/mol. The Morgan fingerprint density at radius 2 is 1.74 bits per heavy atom. The summed E-state index contributed by atoms with van der Waals surface area (Å²) in [6.07, 6.45) is 6.94. The van der Waals surface area contributed by atoms with Crippen molar-refractivity contribution in [2.45, 2.75) is 19.8 Å². The van der Waals surface area contributed by atoms with Crippen LogP contribution in [0.15, 0.2) is 84.0 Å². The minimum absolute atomic E-state index is 0.0598. The number of ether oxygens (including phenoxy) is 2. The molecule has 6 rings (SSSR count). The van der Waals surface area contributed by atoms with Crippen molar-refractivity contribution in [3.63, 3.8) is 0 Å². The van der Waals surface area contributed by atoms with Crippen LogP contribution in [0.25, 0.3) is 28.5 Å². The number of benzene rings is 2. The third-order valence-electron chi connectivity index (χ3n) is 6.27. The van der Waals surface area contributed by atoms with Crippen LogP contribution in [0.5, 0.6) is 11.6 Å². The summed E-state index contributed by atoms with van der Waals surface area (Å²) >= 11 is 0. The first kappa shape index (κ1) is 23.7. The molecule has 10 heteroatoms. The Bertz CT molecular complexity index is 1640. The molecule has 0 unspecified atom stereocenters. The molecule has 5 aromatic rings. The van der Waals surface area contributed by atoms with E-state index in [-0.39, 0.29) is 23.7 Å². The molecule has 0 aliphatic heterocycles. The van der Waals surface area contributed by atoms with Gasteiger partial charge in [-0.25, -0.2) is 18.4 Å². The van der Waals surface area contributed by atoms with E-state index in [9.17, 15) is 4.79 Å². The molecular formula is C28H25FN6O3. The molecule has 9 nitrogen and oxygen atoms in total. The Labute approximate surface area is 217 Å². The number of rotatable bonds is 9. The highest BCUT2D eigenvalue weighted by molar-refractivity contribution is 5.59. The van der Waals surface area contributed by atoms with Gasteiger partial charge in [0.1, 0.15) is 5.69 Å². The molecule has 1 saturated carbocycles. The van der Waals surface area contributed by atoms with Crippen LogP contribution < -0.4 is 14.9 Å². The summed E-state index contributed by atoms with van der Waals surface area (Å²) in [4.78, 5) is 13.3. The normalized spacial score (nSPS) is 13.0. The van der Waals surface area contributed by atoms with Crippen LogP contribution in [0.1, 0.15) is 19.8 Å². The fourth-order valence-electron chi connectivity index (χ4n) is 4.17. The number of hydrogen-bond donors (Lipinski definition) is 0. The lowest BCUT2D eigenvalue weighted by atomic mass is 10.2. The zero-order valence-corrected chi connectivity index (χ0v) is 20.7. The number of aromatic nitrogens is 6. The topological polar surface area (TPSA) is 89.0 Å². The molecule has 0 radical (unpaired) electrons. The van der Waals surface area contributed by atoms with Crippen molar-refractivity contribution in [2.24, 2.45) is 5.92 Å². The Hall–Kier alpha value is -4.73. The first-order chi connectivity index (χ1) is 18.6. The second-order valence-electron chi connectivity index (χ2n) is 8.98. The van der Waals surface area contributed by atoms with Crippen LogP contribution in [0.2, 0.25) is 0 Å². The molecule has 0 N–H and O–H groups in total. The Morgan fingerprint density at radius 1 is 0.947 bits per heavy atom. The van der Waals surface area contributed by atoms with Gasteiger partial charge in [-0.2, -0.15) is 15.3 Å². The van der Waals surface area contributed by atoms with E-state index in [1.807, 2.05) is 30.3 Å². The largest absolute Gasteiger partial charge is 0.488 e. The van der Waals surface area contributed by atoms with Gasteiger partial charge in [0, 0.05) is 12.1 Å². The highest BCUT2D eigenvalue weighted by atomic mass is 19.1. The van der Waals surface area contributed by atoms with Gasteiger partial charge in [0.2, 0.25) is 5.88 Å². The average Bonchev–Trinajstić information content (AvgIpc) is 3.42. The van der Waals surface area contributed by atoms with Crippen LogP contribution in [-0.4, -0.2) is 42.6 Å². The minimum Gasteiger partial charge on any atom is -0.488 e. The zero-order chi connectivity index (χ0) is 26.1. The van der Waals surface area contributed by atoms with E-state index < -0.39 is 11.2 Å². The van der Waals surface area contributed by atoms with Gasteiger partial charge in [0.25, 0.3) is 5.43 Å². The van der Waals surface area contributed by atoms with E-state index in [4.69, 9.17) is 9.47 Å². The smallest absolute Gasteiger partial charge is 0.251 e. The fourth-order valence-corrected chi connectivity index (χ4v) is 4.17. The summed E-state index contributed by atoms with van der Waals surface area (Å²) in [6, 6.07) is 17.5. The Balaban J connectivity index is 1.40. The molecule has 1 aliphatic rings. The van der Waals surface area contributed by atoms with Gasteiger partial charge in [-0.3, -0.25) is 4.79 Å². The molecule has 0 bridgehead atoms. The minimum atomic E-state index is -0.549. The molecule has 0 spiro atoms. The zero-order valence-electron chi connectivity index (χ0n) is 20.7. The van der Waals surface area contributed by atoms with Crippen molar-refractivity contribution in [3.8, 4) is 40.1 Å². The molecule has 0 atom stereocenters. The molecule has 192 valence electrons. The molecule has 38 heavy (non-hydrogen) atoms. The maximum Gasteiger partial charge on any atom is 0.251 e. The van der Waals surface area contributed by atoms with Crippen LogP contribution in [-0.2, 0) is 0 Å². The lowest BCUT2D eigenvalue weighted by Gasteiger charge is -2.14. The third kappa shape index (κ3) is 4.56. The molecule has 2 aromatic carbocycles. The van der Waals surface area contributed by atoms with E-state index >= 15 is 4.39 Å². The summed E-state index contributed by atoms with van der Waals surface area (Å²) in [6.45, 7) is 2.66. The van der Waals surface area contributed by atoms with Crippen molar-refractivity contribution in [2.75, 3.05) is 13.2 Å². The lowest BCUT2D eigenvalue weighted by Crippen LogP contribution is -2.19. The molecule has 3 heterocycles. The van der Waals surface area contributed by atoms with Gasteiger partial charge in [-0.05, 0) is 56.0 Å². The van der Waals surface area contributed by atoms with Gasteiger partial charge in [-0.1, -0.05) is 18.2 Å². The summed E-state index contributed by atoms with van der Waals surface area (Å²) in [5, 5.41) is 13.2. The fraction of sp³-hybridized carbons (Fsp3) is 0.214. The Kier molecular flexibility index (Phi) is 6.20. The lowest BCUT2D eigenvalue weighted by molar-refractivity contribution is 0.280. The third-order valence-corrected chi connectivity index (χ3v) is 6.27. The highest BCUT2D eigenvalue weighted by Gasteiger charge is 2.23. The second kappa shape index (κ2) is 9.97. The quantitative estimate of drug-likeness (QED) is 0.287. The van der Waals surface area contributed by atoms with Gasteiger partial charge in [0.05, 0.1) is 48.9 Å². The predicted octanol–water partition coefficient (Wildman–Crippen LogP) is 4.60. The molecule has 0 saturated heterocycles. The standard InChI is InChI=1S/C28H25FN6O3/c1-2-37-25-17-33(32-27(28(25)36)24-12-14-30-34(24)20-6-4-3-5-7-20)23-11-10-21(16-22(23)29)35-26(13-15-31-35)38-18-19-8-9-19/h3-7,10-17,19H,2,8-9,18H2,1H3. The molecular weight excluding hydrogens is 487 g/mol. The highest BCUT2D eigenvalue weighted by Crippen LogP contribution is 2.30. The van der Waals surface area contributed by atoms with Crippen LogP contribution >= 0.6 is 0 Å². The molecule has 1 aliphatic carbocycles. The number of nitrogens with zero attached hydrogens (tertiary/aromatic N) is 6. The summed E-state index contributed by atoms with van der Waals surface area (Å²) in [7, 11) is 0. The number of hydrogen-bond acceptors (Lipinski definition) is 6. The van der Waals surface area contributed by atoms with Crippen molar-refractivity contribution < 1.29 is 13.9 Å². The van der Waals surface area contributed by atoms with Crippen molar-refractivity contribution in [1.29, 1.82) is 0 Å². The predicted molar refractivity (Wildman–Crippen MR) is 139 cm³/mol. The SMILES string of the molecule is CCOc1cn(-c2ccc(-n3nccc3OCC3CC3)cc2F)nc(-c2ccnn2-c2ccccc2)c1=O. The number of halogens is 1. The first-order valence-electron chi connectivity index (χ1n) is 12.5. The summed E-state index contributed by atoms with van der Waals surface area (Å²) < 4.78 is 31.5. The maximum absolute atomic E-state index is 15.5. The van der Waals surface area contributed by atoms with Crippen LogP contribution in [0, 0.1) is 11.7 Å². The molecule has 0 amide bonds. The second-order valence-corrected chi connectivity index (χ2v) is 8.98. The van der Waals surface area contributed by atoms with Crippen molar-refractivity contribution >= 4 is 0 Å². The maximum atomic E-state index is 15.5.